The van der Waals surface area contributed by atoms with Crippen molar-refractivity contribution in [2.24, 2.45) is 0 Å². The predicted octanol–water partition coefficient (Wildman–Crippen LogP) is 4.32. The number of allylic oxidation sites excluding steroid dienone is 2. The molecular formula is C14H20. The molecule has 0 atom stereocenters. The molecule has 0 aliphatic heterocycles. The Bertz CT molecular complexity index is 277. The molecule has 0 nitrogen and oxygen atoms in total. The lowest BCUT2D eigenvalue weighted by atomic mass is 10.0. The molecule has 0 unspecified atom stereocenters. The van der Waals surface area contributed by atoms with Gasteiger partial charge in [0.05, 0.1) is 0 Å². The molecule has 0 amide bonds. The van der Waals surface area contributed by atoms with Crippen LogP contribution in [0.1, 0.15) is 44.2 Å². The average molecular weight is 188 g/mol. The van der Waals surface area contributed by atoms with Gasteiger partial charge in [-0.2, -0.15) is 0 Å². The van der Waals surface area contributed by atoms with Crippen LogP contribution in [0.5, 0.6) is 0 Å². The van der Waals surface area contributed by atoms with Gasteiger partial charge in [0, 0.05) is 0 Å². The molecule has 1 aromatic rings. The van der Waals surface area contributed by atoms with Gasteiger partial charge in [0.1, 0.15) is 0 Å². The maximum Gasteiger partial charge on any atom is -0.0219 e. The Balaban J connectivity index is 2.55. The number of hydrogen-bond acceptors (Lipinski definition) is 0. The zero-order valence-corrected chi connectivity index (χ0v) is 9.46. The Morgan fingerprint density at radius 1 is 1.14 bits per heavy atom. The second-order valence-electron chi connectivity index (χ2n) is 4.00. The van der Waals surface area contributed by atoms with Crippen LogP contribution in [0.2, 0.25) is 0 Å². The van der Waals surface area contributed by atoms with Crippen LogP contribution in [0.25, 0.3) is 0 Å². The van der Waals surface area contributed by atoms with Gasteiger partial charge in [-0.05, 0) is 36.8 Å². The van der Waals surface area contributed by atoms with Crippen LogP contribution in [0, 0.1) is 0 Å². The normalized spacial score (nSPS) is 11.4. The smallest absolute Gasteiger partial charge is 0.0219 e. The predicted molar refractivity (Wildman–Crippen MR) is 63.7 cm³/mol. The molecule has 1 aromatic carbocycles. The molecule has 0 radical (unpaired) electrons. The quantitative estimate of drug-likeness (QED) is 0.617. The highest BCUT2D eigenvalue weighted by Gasteiger charge is 1.97. The van der Waals surface area contributed by atoms with Crippen LogP contribution in [0.3, 0.4) is 0 Å². The van der Waals surface area contributed by atoms with Crippen molar-refractivity contribution in [3.05, 3.63) is 47.5 Å². The van der Waals surface area contributed by atoms with E-state index in [1.807, 2.05) is 0 Å². The summed E-state index contributed by atoms with van der Waals surface area (Å²) in [5.41, 5.74) is 2.87. The highest BCUT2D eigenvalue weighted by molar-refractivity contribution is 5.24. The Morgan fingerprint density at radius 3 is 2.29 bits per heavy atom. The van der Waals surface area contributed by atoms with Gasteiger partial charge in [0.2, 0.25) is 0 Å². The molecule has 0 N–H and O–H groups in total. The van der Waals surface area contributed by atoms with Gasteiger partial charge >= 0.3 is 0 Å². The maximum absolute atomic E-state index is 2.25. The number of hydrogen-bond donors (Lipinski definition) is 0. The van der Waals surface area contributed by atoms with Crippen molar-refractivity contribution in [2.75, 3.05) is 0 Å². The Hall–Kier alpha value is -1.04. The molecule has 0 heterocycles. The third kappa shape index (κ3) is 3.37. The van der Waals surface area contributed by atoms with E-state index < -0.39 is 0 Å². The summed E-state index contributed by atoms with van der Waals surface area (Å²) in [6.45, 7) is 6.53. The second kappa shape index (κ2) is 5.64. The fraction of sp³-hybridized carbons (Fsp3) is 0.429. The zero-order valence-electron chi connectivity index (χ0n) is 9.46. The van der Waals surface area contributed by atoms with Crippen LogP contribution < -0.4 is 0 Å². The zero-order chi connectivity index (χ0) is 10.4. The first-order chi connectivity index (χ1) is 6.74. The van der Waals surface area contributed by atoms with Crippen LogP contribution in [0.15, 0.2) is 36.4 Å². The fourth-order valence-corrected chi connectivity index (χ4v) is 1.49. The number of rotatable bonds is 4. The van der Waals surface area contributed by atoms with Crippen molar-refractivity contribution < 1.29 is 0 Å². The first-order valence-corrected chi connectivity index (χ1v) is 5.44. The summed E-state index contributed by atoms with van der Waals surface area (Å²) in [6, 6.07) is 8.99. The molecule has 0 spiro atoms. The molecule has 0 fully saturated rings. The van der Waals surface area contributed by atoms with Crippen LogP contribution in [-0.4, -0.2) is 0 Å². The largest absolute Gasteiger partial charge is 0.0917 e. The van der Waals surface area contributed by atoms with Crippen molar-refractivity contribution in [1.29, 1.82) is 0 Å². The lowest BCUT2D eigenvalue weighted by molar-refractivity contribution is 0.863. The molecule has 14 heavy (non-hydrogen) atoms. The van der Waals surface area contributed by atoms with E-state index in [2.05, 4.69) is 57.2 Å². The summed E-state index contributed by atoms with van der Waals surface area (Å²) in [5.74, 6) is 0.639. The topological polar surface area (TPSA) is 0 Å². The molecule has 0 bridgehead atoms. The van der Waals surface area contributed by atoms with Crippen molar-refractivity contribution >= 4 is 0 Å². The molecule has 1 rings (SSSR count). The van der Waals surface area contributed by atoms with Gasteiger partial charge in [-0.3, -0.25) is 0 Å². The molecule has 0 saturated carbocycles. The van der Waals surface area contributed by atoms with E-state index in [1.54, 1.807) is 0 Å². The monoisotopic (exact) mass is 188 g/mol. The third-order valence-corrected chi connectivity index (χ3v) is 2.48. The lowest BCUT2D eigenvalue weighted by Crippen LogP contribution is -1.88. The van der Waals surface area contributed by atoms with E-state index in [4.69, 9.17) is 0 Å². The van der Waals surface area contributed by atoms with Crippen LogP contribution in [-0.2, 0) is 6.42 Å². The standard InChI is InChI=1S/C14H20/c1-4-5-6-7-13-8-10-14(11-9-13)12(2)3/h4-5,8-12H,6-7H2,1-3H3. The maximum atomic E-state index is 2.25. The summed E-state index contributed by atoms with van der Waals surface area (Å²) in [5, 5.41) is 0. The molecule has 76 valence electrons. The summed E-state index contributed by atoms with van der Waals surface area (Å²) in [4.78, 5) is 0. The highest BCUT2D eigenvalue weighted by atomic mass is 14.0. The van der Waals surface area contributed by atoms with Crippen molar-refractivity contribution in [2.45, 2.75) is 39.5 Å². The van der Waals surface area contributed by atoms with Gasteiger partial charge in [-0.25, -0.2) is 0 Å². The molecule has 0 aliphatic rings. The summed E-state index contributed by atoms with van der Waals surface area (Å²) in [7, 11) is 0. The third-order valence-electron chi connectivity index (χ3n) is 2.48. The minimum Gasteiger partial charge on any atom is -0.0917 e. The summed E-state index contributed by atoms with van der Waals surface area (Å²) < 4.78 is 0. The van der Waals surface area contributed by atoms with Crippen molar-refractivity contribution in [1.82, 2.24) is 0 Å². The van der Waals surface area contributed by atoms with E-state index in [1.165, 1.54) is 11.1 Å². The van der Waals surface area contributed by atoms with Gasteiger partial charge in [-0.1, -0.05) is 50.3 Å². The first kappa shape index (κ1) is 11.0. The Kier molecular flexibility index (Phi) is 4.45. The number of aryl methyl sites for hydroxylation is 1. The van der Waals surface area contributed by atoms with E-state index >= 15 is 0 Å². The molecule has 0 aliphatic carbocycles. The van der Waals surface area contributed by atoms with Crippen LogP contribution >= 0.6 is 0 Å². The lowest BCUT2D eigenvalue weighted by Gasteiger charge is -2.05. The van der Waals surface area contributed by atoms with E-state index in [0.717, 1.165) is 12.8 Å². The van der Waals surface area contributed by atoms with E-state index in [-0.39, 0.29) is 0 Å². The van der Waals surface area contributed by atoms with Gasteiger partial charge < -0.3 is 0 Å². The van der Waals surface area contributed by atoms with E-state index in [0.29, 0.717) is 5.92 Å². The molecular weight excluding hydrogens is 168 g/mol. The molecule has 0 aromatic heterocycles. The minimum absolute atomic E-state index is 0.639. The SMILES string of the molecule is CC=CCCc1ccc(C(C)C)cc1. The van der Waals surface area contributed by atoms with E-state index in [9.17, 15) is 0 Å². The fourth-order valence-electron chi connectivity index (χ4n) is 1.49. The molecule has 0 saturated heterocycles. The Morgan fingerprint density at radius 2 is 1.79 bits per heavy atom. The average Bonchev–Trinajstić information content (AvgIpc) is 2.19. The highest BCUT2D eigenvalue weighted by Crippen LogP contribution is 2.15. The summed E-state index contributed by atoms with van der Waals surface area (Å²) in [6.07, 6.45) is 6.64. The van der Waals surface area contributed by atoms with Gasteiger partial charge in [0.25, 0.3) is 0 Å². The van der Waals surface area contributed by atoms with Crippen molar-refractivity contribution in [3.63, 3.8) is 0 Å². The first-order valence-electron chi connectivity index (χ1n) is 5.44. The number of benzene rings is 1. The second-order valence-corrected chi connectivity index (χ2v) is 4.00. The molecule has 0 heteroatoms. The van der Waals surface area contributed by atoms with Gasteiger partial charge in [-0.15, -0.1) is 0 Å². The van der Waals surface area contributed by atoms with Crippen LogP contribution in [0.4, 0.5) is 0 Å². The van der Waals surface area contributed by atoms with Crippen molar-refractivity contribution in [3.8, 4) is 0 Å². The minimum atomic E-state index is 0.639. The Labute approximate surface area is 87.7 Å². The van der Waals surface area contributed by atoms with Gasteiger partial charge in [0.15, 0.2) is 0 Å². The summed E-state index contributed by atoms with van der Waals surface area (Å²) >= 11 is 0.